The van der Waals surface area contributed by atoms with Gasteiger partial charge in [-0.15, -0.1) is 11.3 Å². The normalized spacial score (nSPS) is 14.2. The lowest BCUT2D eigenvalue weighted by Crippen LogP contribution is -2.06. The Morgan fingerprint density at radius 2 is 1.83 bits per heavy atom. The van der Waals surface area contributed by atoms with E-state index in [0.717, 1.165) is 5.75 Å². The van der Waals surface area contributed by atoms with E-state index in [4.69, 9.17) is 9.47 Å². The summed E-state index contributed by atoms with van der Waals surface area (Å²) in [5.41, 5.74) is 5.24. The molecule has 0 radical (unpaired) electrons. The van der Waals surface area contributed by atoms with Crippen LogP contribution in [0.5, 0.6) is 5.75 Å². The second-order valence-electron chi connectivity index (χ2n) is 9.48. The van der Waals surface area contributed by atoms with E-state index in [-0.39, 0.29) is 5.97 Å². The number of hydrogen-bond donors (Lipinski definition) is 0. The smallest absolute Gasteiger partial charge is 0.305 e. The number of halogens is 1. The summed E-state index contributed by atoms with van der Waals surface area (Å²) >= 11 is 5.79. The molecule has 5 rings (SSSR count). The minimum absolute atomic E-state index is 0.187. The molecule has 35 heavy (non-hydrogen) atoms. The van der Waals surface area contributed by atoms with Gasteiger partial charge in [-0.1, -0.05) is 43.2 Å². The van der Waals surface area contributed by atoms with E-state index in [9.17, 15) is 4.79 Å². The zero-order valence-corrected chi connectivity index (χ0v) is 23.0. The molecule has 0 bridgehead atoms. The summed E-state index contributed by atoms with van der Waals surface area (Å²) in [6, 6.07) is 15.5. The van der Waals surface area contributed by atoms with Crippen LogP contribution < -0.4 is 4.74 Å². The molecule has 1 aliphatic rings. The molecule has 182 valence electrons. The van der Waals surface area contributed by atoms with Crippen molar-refractivity contribution in [2.24, 2.45) is 0 Å². The Bertz CT molecular complexity index is 1400. The summed E-state index contributed by atoms with van der Waals surface area (Å²) in [5.74, 6) is 1.29. The maximum absolute atomic E-state index is 11.5. The first-order chi connectivity index (χ1) is 17.0. The Kier molecular flexibility index (Phi) is 7.17. The van der Waals surface area contributed by atoms with Crippen LogP contribution in [0.4, 0.5) is 0 Å². The molecule has 1 heterocycles. The Labute approximate surface area is 219 Å². The molecule has 0 spiro atoms. The van der Waals surface area contributed by atoms with Crippen molar-refractivity contribution in [3.05, 3.63) is 62.9 Å². The fourth-order valence-corrected chi connectivity index (χ4v) is 7.33. The lowest BCUT2D eigenvalue weighted by Gasteiger charge is -2.19. The predicted octanol–water partition coefficient (Wildman–Crippen LogP) is 9.09. The van der Waals surface area contributed by atoms with Gasteiger partial charge in [0.15, 0.2) is 0 Å². The summed E-state index contributed by atoms with van der Waals surface area (Å²) in [6.45, 7) is 4.98. The Morgan fingerprint density at radius 3 is 2.57 bits per heavy atom. The average molecular weight is 552 g/mol. The molecule has 0 saturated heterocycles. The molecule has 1 fully saturated rings. The quantitative estimate of drug-likeness (QED) is 0.170. The summed E-state index contributed by atoms with van der Waals surface area (Å²) in [7, 11) is 1.43. The fourth-order valence-electron chi connectivity index (χ4n) is 5.42. The molecule has 3 nitrogen and oxygen atoms in total. The molecule has 1 aromatic heterocycles. The molecule has 0 unspecified atom stereocenters. The minimum Gasteiger partial charge on any atom is -0.493 e. The van der Waals surface area contributed by atoms with E-state index in [1.54, 1.807) is 0 Å². The highest BCUT2D eigenvalue weighted by molar-refractivity contribution is 9.11. The second-order valence-corrected chi connectivity index (χ2v) is 11.5. The van der Waals surface area contributed by atoms with Gasteiger partial charge in [-0.3, -0.25) is 4.79 Å². The molecule has 0 amide bonds. The van der Waals surface area contributed by atoms with Crippen molar-refractivity contribution in [3.8, 4) is 16.9 Å². The maximum atomic E-state index is 11.5. The summed E-state index contributed by atoms with van der Waals surface area (Å²) in [5, 5.41) is 3.88. The molecule has 0 atom stereocenters. The van der Waals surface area contributed by atoms with Gasteiger partial charge in [0.05, 0.1) is 18.4 Å². The predicted molar refractivity (Wildman–Crippen MR) is 150 cm³/mol. The van der Waals surface area contributed by atoms with Gasteiger partial charge >= 0.3 is 5.97 Å². The van der Waals surface area contributed by atoms with Crippen LogP contribution in [-0.2, 0) is 9.53 Å². The highest BCUT2D eigenvalue weighted by Crippen LogP contribution is 2.48. The van der Waals surface area contributed by atoms with Crippen LogP contribution in [0.3, 0.4) is 0 Å². The van der Waals surface area contributed by atoms with Gasteiger partial charge in [0.25, 0.3) is 0 Å². The van der Waals surface area contributed by atoms with Crippen molar-refractivity contribution in [3.63, 3.8) is 0 Å². The summed E-state index contributed by atoms with van der Waals surface area (Å²) in [4.78, 5) is 12.8. The zero-order valence-electron chi connectivity index (χ0n) is 20.6. The van der Waals surface area contributed by atoms with Crippen LogP contribution in [0, 0.1) is 13.8 Å². The molecule has 0 aliphatic heterocycles. The van der Waals surface area contributed by atoms with Gasteiger partial charge < -0.3 is 9.47 Å². The maximum Gasteiger partial charge on any atom is 0.305 e. The van der Waals surface area contributed by atoms with Crippen LogP contribution >= 0.6 is 27.3 Å². The average Bonchev–Trinajstić information content (AvgIpc) is 3.51. The van der Waals surface area contributed by atoms with Gasteiger partial charge in [-0.2, -0.15) is 0 Å². The number of hydrogen-bond acceptors (Lipinski definition) is 4. The molecular weight excluding hydrogens is 520 g/mol. The second kappa shape index (κ2) is 10.3. The number of rotatable bonds is 7. The fraction of sp³-hybridized carbons (Fsp3) is 0.367. The van der Waals surface area contributed by atoms with E-state index in [2.05, 4.69) is 72.2 Å². The molecule has 0 N–H and O–H groups in total. The van der Waals surface area contributed by atoms with Gasteiger partial charge in [-0.05, 0) is 100 Å². The first kappa shape index (κ1) is 24.3. The molecular formula is C30H31BrO3S. The van der Waals surface area contributed by atoms with Crippen molar-refractivity contribution >= 4 is 54.1 Å². The molecule has 4 aromatic rings. The van der Waals surface area contributed by atoms with E-state index in [1.165, 1.54) is 85.3 Å². The van der Waals surface area contributed by atoms with Crippen molar-refractivity contribution in [2.45, 2.75) is 58.3 Å². The van der Waals surface area contributed by atoms with Crippen LogP contribution in [0.15, 0.2) is 46.9 Å². The molecule has 5 heteroatoms. The van der Waals surface area contributed by atoms with E-state index in [0.29, 0.717) is 25.4 Å². The standard InChI is InChI=1S/C30H31BrO3S/c1-18-19(2)35-30-27(18)28(22-11-6-7-12-23(22)29(30)31)21-14-15-25(34-16-8-13-26(32)33-3)24(17-21)20-9-4-5-10-20/h6-7,11-12,14-15,17,20H,4-5,8-10,13,16H2,1-3H3. The largest absolute Gasteiger partial charge is 0.493 e. The first-order valence-corrected chi connectivity index (χ1v) is 14.0. The van der Waals surface area contributed by atoms with Crippen LogP contribution in [0.1, 0.15) is 60.4 Å². The van der Waals surface area contributed by atoms with E-state index >= 15 is 0 Å². The lowest BCUT2D eigenvalue weighted by atomic mass is 9.89. The van der Waals surface area contributed by atoms with Crippen molar-refractivity contribution in [1.29, 1.82) is 0 Å². The summed E-state index contributed by atoms with van der Waals surface area (Å²) < 4.78 is 13.5. The number of carbonyl (C=O) groups excluding carboxylic acids is 1. The van der Waals surface area contributed by atoms with Crippen LogP contribution in [-0.4, -0.2) is 19.7 Å². The number of esters is 1. The molecule has 1 saturated carbocycles. The third-order valence-electron chi connectivity index (χ3n) is 7.37. The SMILES string of the molecule is COC(=O)CCCOc1ccc(-c2c3ccccc3c(Br)c3sc(C)c(C)c23)cc1C1CCCC1. The van der Waals surface area contributed by atoms with Crippen molar-refractivity contribution in [1.82, 2.24) is 0 Å². The number of carbonyl (C=O) groups is 1. The Balaban J connectivity index is 1.63. The number of fused-ring (bicyclic) bond motifs is 2. The van der Waals surface area contributed by atoms with E-state index < -0.39 is 0 Å². The Morgan fingerprint density at radius 1 is 1.09 bits per heavy atom. The number of aryl methyl sites for hydroxylation is 2. The van der Waals surface area contributed by atoms with Gasteiger partial charge in [0, 0.05) is 21.2 Å². The molecule has 1 aliphatic carbocycles. The number of ether oxygens (including phenoxy) is 2. The number of benzene rings is 3. The van der Waals surface area contributed by atoms with Gasteiger partial charge in [0.2, 0.25) is 0 Å². The van der Waals surface area contributed by atoms with Gasteiger partial charge in [-0.25, -0.2) is 0 Å². The van der Waals surface area contributed by atoms with Crippen molar-refractivity contribution < 1.29 is 14.3 Å². The lowest BCUT2D eigenvalue weighted by molar-refractivity contribution is -0.140. The zero-order chi connectivity index (χ0) is 24.5. The first-order valence-electron chi connectivity index (χ1n) is 12.4. The number of methoxy groups -OCH3 is 1. The number of thiophene rings is 1. The van der Waals surface area contributed by atoms with Crippen LogP contribution in [0.2, 0.25) is 0 Å². The van der Waals surface area contributed by atoms with Crippen molar-refractivity contribution in [2.75, 3.05) is 13.7 Å². The Hall–Kier alpha value is -2.37. The van der Waals surface area contributed by atoms with Gasteiger partial charge in [0.1, 0.15) is 5.75 Å². The highest BCUT2D eigenvalue weighted by atomic mass is 79.9. The minimum atomic E-state index is -0.187. The monoisotopic (exact) mass is 550 g/mol. The van der Waals surface area contributed by atoms with E-state index in [1.807, 2.05) is 11.3 Å². The molecule has 3 aromatic carbocycles. The van der Waals surface area contributed by atoms with Crippen LogP contribution in [0.25, 0.3) is 32.0 Å². The summed E-state index contributed by atoms with van der Waals surface area (Å²) in [6.07, 6.45) is 5.98. The topological polar surface area (TPSA) is 35.5 Å². The highest BCUT2D eigenvalue weighted by Gasteiger charge is 2.24. The third kappa shape index (κ3) is 4.61. The third-order valence-corrected chi connectivity index (χ3v) is 9.68.